The number of methoxy groups -OCH3 is 1. The zero-order valence-electron chi connectivity index (χ0n) is 19.5. The summed E-state index contributed by atoms with van der Waals surface area (Å²) < 4.78 is 5.20. The van der Waals surface area contributed by atoms with Crippen LogP contribution >= 0.6 is 0 Å². The van der Waals surface area contributed by atoms with Crippen molar-refractivity contribution >= 4 is 17.6 Å². The highest BCUT2D eigenvalue weighted by molar-refractivity contribution is 5.95. The van der Waals surface area contributed by atoms with Gasteiger partial charge in [0.1, 0.15) is 5.75 Å². The lowest BCUT2D eigenvalue weighted by atomic mass is 10.1. The van der Waals surface area contributed by atoms with Gasteiger partial charge in [-0.3, -0.25) is 4.79 Å². The quantitative estimate of drug-likeness (QED) is 0.188. The molecule has 0 saturated heterocycles. The Morgan fingerprint density at radius 1 is 0.903 bits per heavy atom. The fraction of sp³-hybridized carbons (Fsp3) is 0.615. The van der Waals surface area contributed by atoms with Gasteiger partial charge in [-0.1, -0.05) is 70.4 Å². The summed E-state index contributed by atoms with van der Waals surface area (Å²) in [5.41, 5.74) is 0.525. The Hall–Kier alpha value is -2.30. The number of hydrogen-bond acceptors (Lipinski definition) is 3. The van der Waals surface area contributed by atoms with E-state index in [9.17, 15) is 9.59 Å². The van der Waals surface area contributed by atoms with Gasteiger partial charge in [-0.15, -0.1) is 0 Å². The number of carbonyl (C=O) groups excluding carboxylic acids is 1. The number of carboxylic acid groups (broad SMARTS) is 1. The van der Waals surface area contributed by atoms with Crippen molar-refractivity contribution in [2.75, 3.05) is 12.4 Å². The van der Waals surface area contributed by atoms with Crippen molar-refractivity contribution < 1.29 is 19.4 Å². The summed E-state index contributed by atoms with van der Waals surface area (Å²) in [6.45, 7) is 2.25. The van der Waals surface area contributed by atoms with Crippen molar-refractivity contribution in [3.05, 3.63) is 35.9 Å². The molecule has 1 amide bonds. The lowest BCUT2D eigenvalue weighted by Gasteiger charge is -2.11. The highest BCUT2D eigenvalue weighted by Gasteiger charge is 2.11. The molecule has 5 heteroatoms. The number of nitrogens with one attached hydrogen (secondary N) is 1. The van der Waals surface area contributed by atoms with Gasteiger partial charge in [0.05, 0.1) is 18.4 Å². The molecule has 1 rings (SSSR count). The highest BCUT2D eigenvalue weighted by Crippen LogP contribution is 2.26. The number of unbranched alkanes of at least 4 members (excludes halogenated alkanes) is 11. The number of carboxylic acids is 1. The standard InChI is InChI=1S/C26H41NO4/c1-3-4-5-6-7-8-9-10-11-12-13-14-15-16-17-18-25(28)27-23-21-22(26(29)30)19-20-24(23)31-2/h10-11,19-21H,3-9,12-18H2,1-2H3,(H,27,28)(H,29,30). The first-order valence-electron chi connectivity index (χ1n) is 11.9. The van der Waals surface area contributed by atoms with E-state index in [2.05, 4.69) is 24.4 Å². The summed E-state index contributed by atoms with van der Waals surface area (Å²) in [6, 6.07) is 4.45. The average Bonchev–Trinajstić information content (AvgIpc) is 2.76. The maximum atomic E-state index is 12.2. The van der Waals surface area contributed by atoms with Gasteiger partial charge in [-0.25, -0.2) is 4.79 Å². The van der Waals surface area contributed by atoms with Crippen molar-refractivity contribution in [1.82, 2.24) is 0 Å². The Morgan fingerprint density at radius 2 is 1.48 bits per heavy atom. The lowest BCUT2D eigenvalue weighted by Crippen LogP contribution is -2.12. The van der Waals surface area contributed by atoms with Crippen LogP contribution in [0.3, 0.4) is 0 Å². The Kier molecular flexibility index (Phi) is 15.0. The Labute approximate surface area is 188 Å². The van der Waals surface area contributed by atoms with Gasteiger partial charge in [0.25, 0.3) is 0 Å². The summed E-state index contributed by atoms with van der Waals surface area (Å²) >= 11 is 0. The van der Waals surface area contributed by atoms with E-state index in [0.29, 0.717) is 17.9 Å². The van der Waals surface area contributed by atoms with Crippen LogP contribution in [-0.4, -0.2) is 24.1 Å². The van der Waals surface area contributed by atoms with E-state index < -0.39 is 5.97 Å². The molecule has 1 aromatic carbocycles. The number of rotatable bonds is 18. The molecular weight excluding hydrogens is 390 g/mol. The second kappa shape index (κ2) is 17.4. The van der Waals surface area contributed by atoms with Crippen molar-refractivity contribution in [3.8, 4) is 5.75 Å². The molecule has 0 atom stereocenters. The van der Waals surface area contributed by atoms with Crippen LogP contribution in [0, 0.1) is 0 Å². The number of ether oxygens (including phenoxy) is 1. The molecule has 0 saturated carbocycles. The molecule has 174 valence electrons. The van der Waals surface area contributed by atoms with Crippen LogP contribution in [0.2, 0.25) is 0 Å². The number of hydrogen-bond donors (Lipinski definition) is 2. The molecule has 1 aromatic rings. The third-order valence-corrected chi connectivity index (χ3v) is 5.39. The predicted octanol–water partition coefficient (Wildman–Crippen LogP) is 7.37. The molecule has 0 bridgehead atoms. The maximum Gasteiger partial charge on any atom is 0.335 e. The fourth-order valence-electron chi connectivity index (χ4n) is 3.51. The summed E-state index contributed by atoms with van der Waals surface area (Å²) in [5, 5.41) is 11.9. The number of carbonyl (C=O) groups is 2. The fourth-order valence-corrected chi connectivity index (χ4v) is 3.51. The molecule has 0 radical (unpaired) electrons. The first-order chi connectivity index (χ1) is 15.1. The molecule has 0 aliphatic rings. The molecule has 0 unspecified atom stereocenters. The summed E-state index contributed by atoms with van der Waals surface area (Å²) in [6.07, 6.45) is 20.9. The minimum atomic E-state index is -1.03. The molecule has 0 fully saturated rings. The van der Waals surface area contributed by atoms with Crippen LogP contribution in [0.1, 0.15) is 107 Å². The van der Waals surface area contributed by atoms with E-state index in [1.165, 1.54) is 77.0 Å². The number of anilines is 1. The summed E-state index contributed by atoms with van der Waals surface area (Å²) in [5.74, 6) is -0.684. The van der Waals surface area contributed by atoms with Crippen molar-refractivity contribution in [3.63, 3.8) is 0 Å². The first-order valence-corrected chi connectivity index (χ1v) is 11.9. The molecule has 0 aromatic heterocycles. The second-order valence-electron chi connectivity index (χ2n) is 8.10. The third-order valence-electron chi connectivity index (χ3n) is 5.39. The number of allylic oxidation sites excluding steroid dienone is 2. The average molecular weight is 432 g/mol. The number of amides is 1. The van der Waals surface area contributed by atoms with E-state index in [4.69, 9.17) is 9.84 Å². The van der Waals surface area contributed by atoms with E-state index >= 15 is 0 Å². The van der Waals surface area contributed by atoms with Crippen LogP contribution in [0.5, 0.6) is 5.75 Å². The summed E-state index contributed by atoms with van der Waals surface area (Å²) in [7, 11) is 1.50. The van der Waals surface area contributed by atoms with E-state index in [0.717, 1.165) is 25.7 Å². The molecule has 0 spiro atoms. The van der Waals surface area contributed by atoms with Crippen LogP contribution in [0.25, 0.3) is 0 Å². The third kappa shape index (κ3) is 12.9. The van der Waals surface area contributed by atoms with Crippen LogP contribution in [0.15, 0.2) is 30.4 Å². The van der Waals surface area contributed by atoms with Gasteiger partial charge in [0, 0.05) is 6.42 Å². The molecule has 2 N–H and O–H groups in total. The monoisotopic (exact) mass is 431 g/mol. The Balaban J connectivity index is 2.07. The molecule has 5 nitrogen and oxygen atoms in total. The SMILES string of the molecule is CCCCCCCCC=CCCCCCCCC(=O)Nc1cc(C(=O)O)ccc1OC. The van der Waals surface area contributed by atoms with Gasteiger partial charge < -0.3 is 15.2 Å². The topological polar surface area (TPSA) is 75.6 Å². The molecule has 31 heavy (non-hydrogen) atoms. The second-order valence-corrected chi connectivity index (χ2v) is 8.10. The molecule has 0 aliphatic carbocycles. The Bertz CT molecular complexity index is 669. The van der Waals surface area contributed by atoms with Crippen molar-refractivity contribution in [2.24, 2.45) is 0 Å². The Morgan fingerprint density at radius 3 is 2.06 bits per heavy atom. The van der Waals surface area contributed by atoms with Gasteiger partial charge in [-0.2, -0.15) is 0 Å². The highest BCUT2D eigenvalue weighted by atomic mass is 16.5. The van der Waals surface area contributed by atoms with E-state index in [1.807, 2.05) is 0 Å². The maximum absolute atomic E-state index is 12.2. The van der Waals surface area contributed by atoms with E-state index in [-0.39, 0.29) is 11.5 Å². The molecule has 0 aliphatic heterocycles. The normalized spacial score (nSPS) is 11.0. The molecule has 0 heterocycles. The zero-order valence-corrected chi connectivity index (χ0v) is 19.5. The van der Waals surface area contributed by atoms with Gasteiger partial charge >= 0.3 is 5.97 Å². The van der Waals surface area contributed by atoms with Crippen molar-refractivity contribution in [2.45, 2.75) is 96.8 Å². The van der Waals surface area contributed by atoms with Crippen LogP contribution < -0.4 is 10.1 Å². The minimum Gasteiger partial charge on any atom is -0.495 e. The zero-order chi connectivity index (χ0) is 22.7. The van der Waals surface area contributed by atoms with Crippen LogP contribution in [0.4, 0.5) is 5.69 Å². The smallest absolute Gasteiger partial charge is 0.335 e. The summed E-state index contributed by atoms with van der Waals surface area (Å²) in [4.78, 5) is 23.3. The number of aromatic carboxylic acids is 1. The largest absolute Gasteiger partial charge is 0.495 e. The van der Waals surface area contributed by atoms with Crippen molar-refractivity contribution in [1.29, 1.82) is 0 Å². The number of benzene rings is 1. The minimum absolute atomic E-state index is 0.113. The first kappa shape index (κ1) is 26.7. The van der Waals surface area contributed by atoms with Gasteiger partial charge in [0.15, 0.2) is 0 Å². The lowest BCUT2D eigenvalue weighted by molar-refractivity contribution is -0.116. The molecular formula is C26H41NO4. The van der Waals surface area contributed by atoms with E-state index in [1.54, 1.807) is 6.07 Å². The van der Waals surface area contributed by atoms with Gasteiger partial charge in [-0.05, 0) is 50.3 Å². The van der Waals surface area contributed by atoms with Crippen LogP contribution in [-0.2, 0) is 4.79 Å². The predicted molar refractivity (Wildman–Crippen MR) is 128 cm³/mol. The van der Waals surface area contributed by atoms with Gasteiger partial charge in [0.2, 0.25) is 5.91 Å².